The maximum Gasteiger partial charge on any atom is 0.256 e. The molecule has 1 N–H and O–H groups in total. The quantitative estimate of drug-likeness (QED) is 0.770. The number of aromatic amines is 1. The van der Waals surface area contributed by atoms with E-state index in [9.17, 15) is 4.79 Å². The highest BCUT2D eigenvalue weighted by atomic mass is 16.5. The highest BCUT2D eigenvalue weighted by molar-refractivity contribution is 5.83. The van der Waals surface area contributed by atoms with Gasteiger partial charge < -0.3 is 19.2 Å². The van der Waals surface area contributed by atoms with Gasteiger partial charge in [0, 0.05) is 6.20 Å². The first-order chi connectivity index (χ1) is 12.2. The molecule has 0 fully saturated rings. The van der Waals surface area contributed by atoms with Crippen molar-refractivity contribution < 1.29 is 14.2 Å². The van der Waals surface area contributed by atoms with E-state index >= 15 is 0 Å². The Hall–Kier alpha value is -3.21. The summed E-state index contributed by atoms with van der Waals surface area (Å²) in [5.41, 5.74) is 2.93. The van der Waals surface area contributed by atoms with Crippen molar-refractivity contribution in [3.8, 4) is 39.5 Å². The Morgan fingerprint density at radius 2 is 1.44 bits per heavy atom. The average molecular weight is 337 g/mol. The van der Waals surface area contributed by atoms with Gasteiger partial charge in [0.25, 0.3) is 5.56 Å². The molecule has 0 bridgehead atoms. The topological polar surface area (TPSA) is 60.6 Å². The Kier molecular flexibility index (Phi) is 4.75. The van der Waals surface area contributed by atoms with Crippen LogP contribution in [-0.2, 0) is 0 Å². The highest BCUT2D eigenvalue weighted by Gasteiger charge is 2.14. The number of aromatic nitrogens is 1. The molecule has 0 saturated carbocycles. The molecule has 1 aromatic heterocycles. The molecule has 0 aliphatic rings. The number of H-pyrrole nitrogens is 1. The predicted molar refractivity (Wildman–Crippen MR) is 97.6 cm³/mol. The van der Waals surface area contributed by atoms with Crippen LogP contribution in [-0.4, -0.2) is 26.3 Å². The molecule has 0 saturated heterocycles. The summed E-state index contributed by atoms with van der Waals surface area (Å²) in [4.78, 5) is 15.3. The van der Waals surface area contributed by atoms with Crippen LogP contribution in [0.1, 0.15) is 0 Å². The lowest BCUT2D eigenvalue weighted by atomic mass is 9.96. The van der Waals surface area contributed by atoms with E-state index in [0.717, 1.165) is 22.4 Å². The van der Waals surface area contributed by atoms with E-state index in [4.69, 9.17) is 14.2 Å². The van der Waals surface area contributed by atoms with Crippen LogP contribution in [0.15, 0.2) is 59.5 Å². The molecule has 0 aliphatic heterocycles. The maximum atomic E-state index is 12.5. The summed E-state index contributed by atoms with van der Waals surface area (Å²) in [5, 5.41) is 0. The lowest BCUT2D eigenvalue weighted by Crippen LogP contribution is -2.09. The van der Waals surface area contributed by atoms with E-state index < -0.39 is 0 Å². The molecular weight excluding hydrogens is 318 g/mol. The van der Waals surface area contributed by atoms with Gasteiger partial charge in [0.05, 0.1) is 26.9 Å². The molecule has 128 valence electrons. The van der Waals surface area contributed by atoms with Gasteiger partial charge in [-0.05, 0) is 47.0 Å². The van der Waals surface area contributed by atoms with Crippen molar-refractivity contribution in [3.63, 3.8) is 0 Å². The Morgan fingerprint density at radius 1 is 0.760 bits per heavy atom. The first-order valence-electron chi connectivity index (χ1n) is 7.76. The van der Waals surface area contributed by atoms with Crippen LogP contribution in [0.4, 0.5) is 0 Å². The van der Waals surface area contributed by atoms with E-state index in [2.05, 4.69) is 4.98 Å². The van der Waals surface area contributed by atoms with Crippen LogP contribution in [0, 0.1) is 0 Å². The van der Waals surface area contributed by atoms with Crippen molar-refractivity contribution in [3.05, 3.63) is 65.1 Å². The molecule has 0 amide bonds. The highest BCUT2D eigenvalue weighted by Crippen LogP contribution is 2.35. The van der Waals surface area contributed by atoms with Gasteiger partial charge in [-0.25, -0.2) is 0 Å². The van der Waals surface area contributed by atoms with Gasteiger partial charge in [-0.1, -0.05) is 18.2 Å². The van der Waals surface area contributed by atoms with Crippen LogP contribution in [0.5, 0.6) is 17.2 Å². The van der Waals surface area contributed by atoms with Crippen molar-refractivity contribution in [1.29, 1.82) is 0 Å². The Labute approximate surface area is 145 Å². The van der Waals surface area contributed by atoms with Crippen molar-refractivity contribution in [1.82, 2.24) is 4.98 Å². The zero-order valence-electron chi connectivity index (χ0n) is 14.3. The van der Waals surface area contributed by atoms with Gasteiger partial charge in [0.1, 0.15) is 5.75 Å². The molecule has 0 atom stereocenters. The van der Waals surface area contributed by atoms with Gasteiger partial charge in [-0.2, -0.15) is 0 Å². The average Bonchev–Trinajstić information content (AvgIpc) is 2.67. The third-order valence-electron chi connectivity index (χ3n) is 4.03. The SMILES string of the molecule is COc1ccc(-c2cc[nH]c(=O)c2-c2ccc(OC)c(OC)c2)cc1. The smallest absolute Gasteiger partial charge is 0.256 e. The number of hydrogen-bond donors (Lipinski definition) is 1. The molecule has 5 nitrogen and oxygen atoms in total. The van der Waals surface area contributed by atoms with E-state index in [-0.39, 0.29) is 5.56 Å². The first kappa shape index (κ1) is 16.6. The fourth-order valence-electron chi connectivity index (χ4n) is 2.77. The molecule has 5 heteroatoms. The van der Waals surface area contributed by atoms with E-state index in [1.54, 1.807) is 39.7 Å². The zero-order valence-corrected chi connectivity index (χ0v) is 14.3. The first-order valence-corrected chi connectivity index (χ1v) is 7.76. The molecule has 1 heterocycles. The third kappa shape index (κ3) is 3.21. The fraction of sp³-hybridized carbons (Fsp3) is 0.150. The monoisotopic (exact) mass is 337 g/mol. The van der Waals surface area contributed by atoms with Gasteiger partial charge in [-0.15, -0.1) is 0 Å². The normalized spacial score (nSPS) is 10.4. The lowest BCUT2D eigenvalue weighted by Gasteiger charge is -2.12. The molecule has 25 heavy (non-hydrogen) atoms. The number of pyridine rings is 1. The fourth-order valence-corrected chi connectivity index (χ4v) is 2.77. The van der Waals surface area contributed by atoms with Gasteiger partial charge >= 0.3 is 0 Å². The van der Waals surface area contributed by atoms with Crippen LogP contribution in [0.3, 0.4) is 0 Å². The summed E-state index contributed by atoms with van der Waals surface area (Å²) in [6.45, 7) is 0. The van der Waals surface area contributed by atoms with Crippen LogP contribution >= 0.6 is 0 Å². The zero-order chi connectivity index (χ0) is 17.8. The molecular formula is C20H19NO4. The minimum Gasteiger partial charge on any atom is -0.497 e. The Bertz CT molecular complexity index is 929. The van der Waals surface area contributed by atoms with Crippen molar-refractivity contribution in [2.75, 3.05) is 21.3 Å². The van der Waals surface area contributed by atoms with Crippen LogP contribution < -0.4 is 19.8 Å². The molecule has 0 radical (unpaired) electrons. The maximum absolute atomic E-state index is 12.5. The summed E-state index contributed by atoms with van der Waals surface area (Å²) in [6, 6.07) is 14.9. The summed E-state index contributed by atoms with van der Waals surface area (Å²) >= 11 is 0. The van der Waals surface area contributed by atoms with Gasteiger partial charge in [-0.3, -0.25) is 4.79 Å². The molecule has 3 aromatic rings. The second kappa shape index (κ2) is 7.13. The van der Waals surface area contributed by atoms with E-state index in [1.807, 2.05) is 36.4 Å². The second-order valence-corrected chi connectivity index (χ2v) is 5.39. The number of rotatable bonds is 5. The lowest BCUT2D eigenvalue weighted by molar-refractivity contribution is 0.355. The van der Waals surface area contributed by atoms with Gasteiger partial charge in [0.15, 0.2) is 11.5 Å². The number of hydrogen-bond acceptors (Lipinski definition) is 4. The van der Waals surface area contributed by atoms with Crippen molar-refractivity contribution in [2.45, 2.75) is 0 Å². The molecule has 0 unspecified atom stereocenters. The Morgan fingerprint density at radius 3 is 2.08 bits per heavy atom. The Balaban J connectivity index is 2.18. The minimum atomic E-state index is -0.166. The van der Waals surface area contributed by atoms with Crippen LogP contribution in [0.2, 0.25) is 0 Å². The number of benzene rings is 2. The summed E-state index contributed by atoms with van der Waals surface area (Å²) in [5.74, 6) is 1.95. The third-order valence-corrected chi connectivity index (χ3v) is 4.03. The number of methoxy groups -OCH3 is 3. The predicted octanol–water partition coefficient (Wildman–Crippen LogP) is 3.73. The largest absolute Gasteiger partial charge is 0.497 e. The number of nitrogens with one attached hydrogen (secondary N) is 1. The molecule has 0 spiro atoms. The van der Waals surface area contributed by atoms with Crippen molar-refractivity contribution in [2.24, 2.45) is 0 Å². The van der Waals surface area contributed by atoms with Crippen LogP contribution in [0.25, 0.3) is 22.3 Å². The summed E-state index contributed by atoms with van der Waals surface area (Å²) in [6.07, 6.45) is 1.64. The summed E-state index contributed by atoms with van der Waals surface area (Å²) < 4.78 is 15.8. The standard InChI is InChI=1S/C20H19NO4/c1-23-15-7-4-13(5-8-15)16-10-11-21-20(22)19(16)14-6-9-17(24-2)18(12-14)25-3/h4-12H,1-3H3,(H,21,22). The minimum absolute atomic E-state index is 0.166. The van der Waals surface area contributed by atoms with E-state index in [1.165, 1.54) is 0 Å². The van der Waals surface area contributed by atoms with Crippen molar-refractivity contribution >= 4 is 0 Å². The van der Waals surface area contributed by atoms with Gasteiger partial charge in [0.2, 0.25) is 0 Å². The molecule has 2 aromatic carbocycles. The van der Waals surface area contributed by atoms with E-state index in [0.29, 0.717) is 17.1 Å². The molecule has 3 rings (SSSR count). The summed E-state index contributed by atoms with van der Waals surface area (Å²) in [7, 11) is 4.77. The second-order valence-electron chi connectivity index (χ2n) is 5.39. The molecule has 0 aliphatic carbocycles. The number of ether oxygens (including phenoxy) is 3.